The summed E-state index contributed by atoms with van der Waals surface area (Å²) in [4.78, 5) is 12.8. The first-order valence-corrected chi connectivity index (χ1v) is 13.9. The number of hydrogen-bond donors (Lipinski definition) is 0. The molecule has 0 bridgehead atoms. The number of unbranched alkanes of at least 4 members (excludes halogenated alkanes) is 12. The average molecular weight is 432 g/mol. The van der Waals surface area contributed by atoms with Gasteiger partial charge in [-0.15, -0.1) is 0 Å². The molecule has 0 aliphatic rings. The summed E-state index contributed by atoms with van der Waals surface area (Å²) in [7, 11) is 0. The van der Waals surface area contributed by atoms with Crippen LogP contribution in [0.1, 0.15) is 142 Å². The van der Waals surface area contributed by atoms with Crippen LogP contribution in [0.2, 0.25) is 0 Å². The number of aromatic nitrogens is 2. The highest BCUT2D eigenvalue weighted by molar-refractivity contribution is 5.44. The minimum Gasteiger partial charge on any atom is -0.355 e. The van der Waals surface area contributed by atoms with E-state index in [1.54, 1.807) is 0 Å². The van der Waals surface area contributed by atoms with Gasteiger partial charge in [-0.3, -0.25) is 4.98 Å². The number of hydrogen-bond acceptors (Lipinski definition) is 3. The Bertz CT molecular complexity index is 517. The fraction of sp³-hybridized carbons (Fsp3) is 0.857. The van der Waals surface area contributed by atoms with Crippen molar-refractivity contribution in [2.24, 2.45) is 0 Å². The molecule has 0 aliphatic heterocycles. The van der Waals surface area contributed by atoms with Crippen LogP contribution >= 0.6 is 0 Å². The van der Waals surface area contributed by atoms with E-state index in [2.05, 4.69) is 38.8 Å². The molecule has 1 rings (SSSR count). The smallest absolute Gasteiger partial charge is 0.150 e. The molecule has 3 heteroatoms. The van der Waals surface area contributed by atoms with Crippen molar-refractivity contribution in [2.45, 2.75) is 143 Å². The van der Waals surface area contributed by atoms with Gasteiger partial charge < -0.3 is 4.90 Å². The molecular formula is C28H53N3. The first-order valence-electron chi connectivity index (χ1n) is 13.9. The van der Waals surface area contributed by atoms with Gasteiger partial charge >= 0.3 is 0 Å². The molecule has 0 spiro atoms. The van der Waals surface area contributed by atoms with Gasteiger partial charge in [-0.05, 0) is 38.5 Å². The quantitative estimate of drug-likeness (QED) is 0.182. The Labute approximate surface area is 194 Å². The van der Waals surface area contributed by atoms with Gasteiger partial charge in [0, 0.05) is 19.3 Å². The lowest BCUT2D eigenvalue weighted by Gasteiger charge is -2.26. The van der Waals surface area contributed by atoms with Gasteiger partial charge in [0.15, 0.2) is 5.82 Å². The standard InChI is InChI=1S/C28H53N3/c1-5-9-13-16-18-21-26-25-29-27(22-17-12-8-4)28(30-26)31(23-19-14-10-6-2)24-20-15-11-7-3/h25H,5-24H2,1-4H3. The summed E-state index contributed by atoms with van der Waals surface area (Å²) in [6.45, 7) is 11.4. The first kappa shape index (κ1) is 27.9. The minimum absolute atomic E-state index is 1.08. The molecule has 0 radical (unpaired) electrons. The van der Waals surface area contributed by atoms with E-state index >= 15 is 0 Å². The summed E-state index contributed by atoms with van der Waals surface area (Å²) in [5, 5.41) is 0. The van der Waals surface area contributed by atoms with Crippen LogP contribution in [-0.4, -0.2) is 23.1 Å². The molecule has 0 saturated carbocycles. The van der Waals surface area contributed by atoms with E-state index in [0.717, 1.165) is 25.9 Å². The molecule has 0 saturated heterocycles. The number of aryl methyl sites for hydroxylation is 2. The van der Waals surface area contributed by atoms with Crippen LogP contribution in [0.15, 0.2) is 6.20 Å². The van der Waals surface area contributed by atoms with E-state index in [9.17, 15) is 0 Å². The highest BCUT2D eigenvalue weighted by Crippen LogP contribution is 2.22. The lowest BCUT2D eigenvalue weighted by molar-refractivity contribution is 0.597. The molecule has 3 nitrogen and oxygen atoms in total. The third-order valence-electron chi connectivity index (χ3n) is 6.29. The van der Waals surface area contributed by atoms with Gasteiger partial charge in [-0.25, -0.2) is 4.98 Å². The monoisotopic (exact) mass is 431 g/mol. The van der Waals surface area contributed by atoms with Crippen molar-refractivity contribution in [1.29, 1.82) is 0 Å². The Morgan fingerprint density at radius 1 is 0.581 bits per heavy atom. The van der Waals surface area contributed by atoms with Gasteiger partial charge in [0.25, 0.3) is 0 Å². The average Bonchev–Trinajstić information content (AvgIpc) is 2.79. The van der Waals surface area contributed by atoms with Crippen molar-refractivity contribution in [1.82, 2.24) is 9.97 Å². The van der Waals surface area contributed by atoms with E-state index in [0.29, 0.717) is 0 Å². The van der Waals surface area contributed by atoms with Crippen LogP contribution in [-0.2, 0) is 12.8 Å². The van der Waals surface area contributed by atoms with Crippen molar-refractivity contribution in [3.05, 3.63) is 17.6 Å². The number of rotatable bonds is 21. The zero-order chi connectivity index (χ0) is 22.6. The van der Waals surface area contributed by atoms with E-state index in [1.807, 2.05) is 0 Å². The number of anilines is 1. The maximum absolute atomic E-state index is 5.23. The fourth-order valence-electron chi connectivity index (χ4n) is 4.22. The lowest BCUT2D eigenvalue weighted by atomic mass is 10.1. The van der Waals surface area contributed by atoms with Gasteiger partial charge in [-0.2, -0.15) is 0 Å². The Hall–Kier alpha value is -1.12. The van der Waals surface area contributed by atoms with Crippen LogP contribution in [0.4, 0.5) is 5.82 Å². The van der Waals surface area contributed by atoms with E-state index < -0.39 is 0 Å². The van der Waals surface area contributed by atoms with Crippen LogP contribution in [0.25, 0.3) is 0 Å². The van der Waals surface area contributed by atoms with Gasteiger partial charge in [0.2, 0.25) is 0 Å². The van der Waals surface area contributed by atoms with Crippen LogP contribution in [0, 0.1) is 0 Å². The zero-order valence-corrected chi connectivity index (χ0v) is 21.6. The molecule has 0 unspecified atom stereocenters. The molecule has 0 aliphatic carbocycles. The molecule has 180 valence electrons. The topological polar surface area (TPSA) is 29.0 Å². The molecule has 0 N–H and O–H groups in total. The molecule has 1 aromatic rings. The predicted octanol–water partition coefficient (Wildman–Crippen LogP) is 8.69. The summed E-state index contributed by atoms with van der Waals surface area (Å²) in [6, 6.07) is 0. The molecule has 31 heavy (non-hydrogen) atoms. The molecule has 0 aromatic carbocycles. The van der Waals surface area contributed by atoms with Crippen molar-refractivity contribution < 1.29 is 0 Å². The Morgan fingerprint density at radius 2 is 1.06 bits per heavy atom. The van der Waals surface area contributed by atoms with Gasteiger partial charge in [0.1, 0.15) is 0 Å². The highest BCUT2D eigenvalue weighted by atomic mass is 15.2. The maximum Gasteiger partial charge on any atom is 0.150 e. The Balaban J connectivity index is 2.89. The molecule has 0 fully saturated rings. The van der Waals surface area contributed by atoms with Crippen LogP contribution < -0.4 is 4.90 Å². The Kier molecular flexibility index (Phi) is 17.6. The van der Waals surface area contributed by atoms with Crippen molar-refractivity contribution >= 4 is 5.82 Å². The highest BCUT2D eigenvalue weighted by Gasteiger charge is 2.15. The maximum atomic E-state index is 5.23. The number of nitrogens with zero attached hydrogens (tertiary/aromatic N) is 3. The van der Waals surface area contributed by atoms with Crippen LogP contribution in [0.5, 0.6) is 0 Å². The SMILES string of the molecule is CCCCCCCc1cnc(CCCCC)c(N(CCCCCC)CCCCCC)n1. The second kappa shape index (κ2) is 19.6. The van der Waals surface area contributed by atoms with Gasteiger partial charge in [-0.1, -0.05) is 105 Å². The summed E-state index contributed by atoms with van der Waals surface area (Å²) in [6.07, 6.45) is 25.1. The zero-order valence-electron chi connectivity index (χ0n) is 21.6. The van der Waals surface area contributed by atoms with Crippen molar-refractivity contribution in [2.75, 3.05) is 18.0 Å². The predicted molar refractivity (Wildman–Crippen MR) is 138 cm³/mol. The molecular weight excluding hydrogens is 378 g/mol. The van der Waals surface area contributed by atoms with Crippen molar-refractivity contribution in [3.63, 3.8) is 0 Å². The fourth-order valence-corrected chi connectivity index (χ4v) is 4.22. The minimum atomic E-state index is 1.08. The lowest BCUT2D eigenvalue weighted by Crippen LogP contribution is -2.28. The molecule has 1 aromatic heterocycles. The normalized spacial score (nSPS) is 11.2. The second-order valence-electron chi connectivity index (χ2n) is 9.36. The summed E-state index contributed by atoms with van der Waals surface area (Å²) in [5.41, 5.74) is 2.45. The molecule has 1 heterocycles. The van der Waals surface area contributed by atoms with Gasteiger partial charge in [0.05, 0.1) is 11.4 Å². The third kappa shape index (κ3) is 13.1. The third-order valence-corrected chi connectivity index (χ3v) is 6.29. The summed E-state index contributed by atoms with van der Waals surface area (Å²) < 4.78 is 0. The first-order chi connectivity index (χ1) is 15.3. The van der Waals surface area contributed by atoms with Crippen LogP contribution in [0.3, 0.4) is 0 Å². The molecule has 0 atom stereocenters. The van der Waals surface area contributed by atoms with E-state index in [1.165, 1.54) is 120 Å². The Morgan fingerprint density at radius 3 is 1.65 bits per heavy atom. The van der Waals surface area contributed by atoms with E-state index in [4.69, 9.17) is 9.97 Å². The summed E-state index contributed by atoms with van der Waals surface area (Å²) in [5.74, 6) is 1.22. The van der Waals surface area contributed by atoms with E-state index in [-0.39, 0.29) is 0 Å². The van der Waals surface area contributed by atoms with Crippen molar-refractivity contribution in [3.8, 4) is 0 Å². The second-order valence-corrected chi connectivity index (χ2v) is 9.36. The molecule has 0 amide bonds. The largest absolute Gasteiger partial charge is 0.355 e. The summed E-state index contributed by atoms with van der Waals surface area (Å²) >= 11 is 0.